The second-order valence-electron chi connectivity index (χ2n) is 4.64. The van der Waals surface area contributed by atoms with Crippen molar-refractivity contribution in [2.24, 2.45) is 0 Å². The van der Waals surface area contributed by atoms with E-state index in [2.05, 4.69) is 5.10 Å². The minimum atomic E-state index is -0.304. The highest BCUT2D eigenvalue weighted by Crippen LogP contribution is 2.18. The van der Waals surface area contributed by atoms with Gasteiger partial charge in [-0.15, -0.1) is 0 Å². The summed E-state index contributed by atoms with van der Waals surface area (Å²) in [6.07, 6.45) is 0. The average molecular weight is 258 g/mol. The molecule has 1 heterocycles. The summed E-state index contributed by atoms with van der Waals surface area (Å²) in [4.78, 5) is 12.4. The standard InChI is InChI=1S/C15H18N2O2/c1-10-9-11(2)17(16-10)12(3)15(18)13-5-7-14(19-4)8-6-13/h5-9,12H,1-4H3. The van der Waals surface area contributed by atoms with Gasteiger partial charge in [0.2, 0.25) is 0 Å². The molecule has 0 saturated carbocycles. The second-order valence-corrected chi connectivity index (χ2v) is 4.64. The lowest BCUT2D eigenvalue weighted by Gasteiger charge is -2.13. The zero-order valence-electron chi connectivity index (χ0n) is 11.7. The van der Waals surface area contributed by atoms with Crippen molar-refractivity contribution in [1.82, 2.24) is 9.78 Å². The van der Waals surface area contributed by atoms with Crippen LogP contribution in [0.25, 0.3) is 0 Å². The summed E-state index contributed by atoms with van der Waals surface area (Å²) < 4.78 is 6.85. The monoisotopic (exact) mass is 258 g/mol. The van der Waals surface area contributed by atoms with Crippen molar-refractivity contribution in [2.75, 3.05) is 7.11 Å². The van der Waals surface area contributed by atoms with Gasteiger partial charge in [0, 0.05) is 11.3 Å². The lowest BCUT2D eigenvalue weighted by atomic mass is 10.1. The van der Waals surface area contributed by atoms with Crippen molar-refractivity contribution < 1.29 is 9.53 Å². The number of ether oxygens (including phenoxy) is 1. The number of ketones is 1. The number of nitrogens with zero attached hydrogens (tertiary/aromatic N) is 2. The van der Waals surface area contributed by atoms with E-state index in [1.807, 2.05) is 26.8 Å². The Hall–Kier alpha value is -2.10. The molecular formula is C15H18N2O2. The summed E-state index contributed by atoms with van der Waals surface area (Å²) in [5.74, 6) is 0.796. The van der Waals surface area contributed by atoms with E-state index < -0.39 is 0 Å². The van der Waals surface area contributed by atoms with E-state index in [-0.39, 0.29) is 11.8 Å². The molecule has 19 heavy (non-hydrogen) atoms. The summed E-state index contributed by atoms with van der Waals surface area (Å²) in [5.41, 5.74) is 2.58. The number of carbonyl (C=O) groups excluding carboxylic acids is 1. The molecule has 0 aliphatic heterocycles. The molecule has 0 amide bonds. The maximum Gasteiger partial charge on any atom is 0.187 e. The van der Waals surface area contributed by atoms with Crippen LogP contribution in [0.2, 0.25) is 0 Å². The van der Waals surface area contributed by atoms with E-state index in [0.717, 1.165) is 17.1 Å². The number of carbonyl (C=O) groups is 1. The lowest BCUT2D eigenvalue weighted by molar-refractivity contribution is 0.0926. The van der Waals surface area contributed by atoms with Crippen LogP contribution in [-0.2, 0) is 0 Å². The SMILES string of the molecule is COc1ccc(C(=O)C(C)n2nc(C)cc2C)cc1. The normalized spacial score (nSPS) is 12.2. The van der Waals surface area contributed by atoms with Crippen LogP contribution in [0.5, 0.6) is 5.75 Å². The maximum atomic E-state index is 12.4. The van der Waals surface area contributed by atoms with Crippen LogP contribution in [0.4, 0.5) is 0 Å². The fraction of sp³-hybridized carbons (Fsp3) is 0.333. The number of benzene rings is 1. The predicted molar refractivity (Wildman–Crippen MR) is 73.7 cm³/mol. The van der Waals surface area contributed by atoms with Crippen LogP contribution in [0.15, 0.2) is 30.3 Å². The van der Waals surface area contributed by atoms with Gasteiger partial charge in [-0.05, 0) is 51.1 Å². The topological polar surface area (TPSA) is 44.1 Å². The molecule has 0 saturated heterocycles. The van der Waals surface area contributed by atoms with Gasteiger partial charge in [0.1, 0.15) is 11.8 Å². The van der Waals surface area contributed by atoms with Crippen molar-refractivity contribution in [1.29, 1.82) is 0 Å². The van der Waals surface area contributed by atoms with Crippen molar-refractivity contribution in [3.63, 3.8) is 0 Å². The van der Waals surface area contributed by atoms with Crippen LogP contribution in [0, 0.1) is 13.8 Å². The van der Waals surface area contributed by atoms with Crippen molar-refractivity contribution in [3.05, 3.63) is 47.3 Å². The van der Waals surface area contributed by atoms with Gasteiger partial charge in [0.05, 0.1) is 12.8 Å². The van der Waals surface area contributed by atoms with E-state index in [1.54, 1.807) is 36.1 Å². The van der Waals surface area contributed by atoms with E-state index >= 15 is 0 Å². The Balaban J connectivity index is 2.25. The number of aromatic nitrogens is 2. The van der Waals surface area contributed by atoms with E-state index in [1.165, 1.54) is 0 Å². The number of methoxy groups -OCH3 is 1. The van der Waals surface area contributed by atoms with Gasteiger partial charge in [-0.25, -0.2) is 0 Å². The van der Waals surface area contributed by atoms with Gasteiger partial charge in [-0.3, -0.25) is 9.48 Å². The van der Waals surface area contributed by atoms with E-state index in [0.29, 0.717) is 5.56 Å². The molecule has 4 nitrogen and oxygen atoms in total. The second kappa shape index (κ2) is 5.26. The number of rotatable bonds is 4. The highest BCUT2D eigenvalue weighted by molar-refractivity contribution is 5.98. The largest absolute Gasteiger partial charge is 0.497 e. The number of hydrogen-bond donors (Lipinski definition) is 0. The lowest BCUT2D eigenvalue weighted by Crippen LogP contribution is -2.19. The Morgan fingerprint density at radius 3 is 2.37 bits per heavy atom. The third-order valence-electron chi connectivity index (χ3n) is 3.17. The Labute approximate surface area is 113 Å². The predicted octanol–water partition coefficient (Wildman–Crippen LogP) is 2.95. The number of Topliss-reactive ketones (excluding diaryl/α,β-unsaturated/α-hetero) is 1. The van der Waals surface area contributed by atoms with Gasteiger partial charge in [-0.2, -0.15) is 5.10 Å². The fourth-order valence-electron chi connectivity index (χ4n) is 2.15. The van der Waals surface area contributed by atoms with Crippen LogP contribution in [0.3, 0.4) is 0 Å². The summed E-state index contributed by atoms with van der Waals surface area (Å²) in [7, 11) is 1.61. The maximum absolute atomic E-state index is 12.4. The molecule has 0 aliphatic rings. The third kappa shape index (κ3) is 2.67. The molecule has 1 atom stereocenters. The van der Waals surface area contributed by atoms with Crippen LogP contribution >= 0.6 is 0 Å². The highest BCUT2D eigenvalue weighted by atomic mass is 16.5. The Kier molecular flexibility index (Phi) is 3.69. The van der Waals surface area contributed by atoms with E-state index in [4.69, 9.17) is 4.74 Å². The quantitative estimate of drug-likeness (QED) is 0.792. The fourth-order valence-corrected chi connectivity index (χ4v) is 2.15. The summed E-state index contributed by atoms with van der Waals surface area (Å²) in [6, 6.07) is 8.81. The van der Waals surface area contributed by atoms with Gasteiger partial charge in [0.15, 0.2) is 5.78 Å². The zero-order valence-corrected chi connectivity index (χ0v) is 11.7. The van der Waals surface area contributed by atoms with Crippen LogP contribution in [-0.4, -0.2) is 22.7 Å². The molecule has 0 bridgehead atoms. The first kappa shape index (κ1) is 13.3. The first-order valence-corrected chi connectivity index (χ1v) is 6.24. The van der Waals surface area contributed by atoms with Gasteiger partial charge >= 0.3 is 0 Å². The molecule has 100 valence electrons. The molecule has 1 unspecified atom stereocenters. The highest BCUT2D eigenvalue weighted by Gasteiger charge is 2.19. The molecule has 0 N–H and O–H groups in total. The average Bonchev–Trinajstić information content (AvgIpc) is 2.76. The molecule has 0 spiro atoms. The summed E-state index contributed by atoms with van der Waals surface area (Å²) >= 11 is 0. The molecular weight excluding hydrogens is 240 g/mol. The molecule has 0 fully saturated rings. The summed E-state index contributed by atoms with van der Waals surface area (Å²) in [6.45, 7) is 5.75. The minimum absolute atomic E-state index is 0.0499. The van der Waals surface area contributed by atoms with Gasteiger partial charge in [0.25, 0.3) is 0 Å². The number of hydrogen-bond acceptors (Lipinski definition) is 3. The summed E-state index contributed by atoms with van der Waals surface area (Å²) in [5, 5.41) is 4.36. The molecule has 1 aromatic heterocycles. The Morgan fingerprint density at radius 2 is 1.89 bits per heavy atom. The molecule has 1 aromatic carbocycles. The van der Waals surface area contributed by atoms with Crippen LogP contribution < -0.4 is 4.74 Å². The third-order valence-corrected chi connectivity index (χ3v) is 3.17. The van der Waals surface area contributed by atoms with Crippen molar-refractivity contribution >= 4 is 5.78 Å². The molecule has 0 radical (unpaired) electrons. The first-order chi connectivity index (χ1) is 9.02. The number of aryl methyl sites for hydroxylation is 2. The minimum Gasteiger partial charge on any atom is -0.497 e. The van der Waals surface area contributed by atoms with Gasteiger partial charge in [-0.1, -0.05) is 0 Å². The zero-order chi connectivity index (χ0) is 14.0. The van der Waals surface area contributed by atoms with E-state index in [9.17, 15) is 4.79 Å². The molecule has 2 aromatic rings. The first-order valence-electron chi connectivity index (χ1n) is 6.24. The molecule has 2 rings (SSSR count). The Morgan fingerprint density at radius 1 is 1.26 bits per heavy atom. The molecule has 0 aliphatic carbocycles. The Bertz CT molecular complexity index is 585. The van der Waals surface area contributed by atoms with Crippen molar-refractivity contribution in [2.45, 2.75) is 26.8 Å². The van der Waals surface area contributed by atoms with Crippen LogP contribution in [0.1, 0.15) is 34.7 Å². The molecule has 4 heteroatoms. The smallest absolute Gasteiger partial charge is 0.187 e. The van der Waals surface area contributed by atoms with Gasteiger partial charge < -0.3 is 4.74 Å². The van der Waals surface area contributed by atoms with Crippen molar-refractivity contribution in [3.8, 4) is 5.75 Å².